The van der Waals surface area contributed by atoms with E-state index in [0.717, 1.165) is 6.42 Å². The Morgan fingerprint density at radius 2 is 2.24 bits per heavy atom. The third-order valence-corrected chi connectivity index (χ3v) is 4.18. The van der Waals surface area contributed by atoms with Crippen molar-refractivity contribution in [3.05, 3.63) is 12.2 Å². The maximum atomic E-state index is 11.2. The van der Waals surface area contributed by atoms with Crippen molar-refractivity contribution in [2.24, 2.45) is 5.92 Å². The SMILES string of the molecule is CCCCC[C@H](C)[C@@H](C[C@@H](O)CC1CC=CC(=O)O1)OC. The molecule has 1 rings (SSSR count). The number of unbranched alkanes of at least 4 members (excludes halogenated alkanes) is 2. The van der Waals surface area contributed by atoms with E-state index in [-0.39, 0.29) is 18.2 Å². The zero-order chi connectivity index (χ0) is 15.7. The van der Waals surface area contributed by atoms with Gasteiger partial charge in [-0.3, -0.25) is 0 Å². The molecule has 0 spiro atoms. The molecule has 0 radical (unpaired) electrons. The zero-order valence-corrected chi connectivity index (χ0v) is 13.6. The van der Waals surface area contributed by atoms with Gasteiger partial charge >= 0.3 is 5.97 Å². The van der Waals surface area contributed by atoms with E-state index in [9.17, 15) is 9.90 Å². The van der Waals surface area contributed by atoms with Crippen LogP contribution in [0.4, 0.5) is 0 Å². The third-order valence-electron chi connectivity index (χ3n) is 4.18. The summed E-state index contributed by atoms with van der Waals surface area (Å²) in [6, 6.07) is 0. The summed E-state index contributed by atoms with van der Waals surface area (Å²) in [6.07, 6.45) is 9.18. The van der Waals surface area contributed by atoms with Gasteiger partial charge in [-0.05, 0) is 18.8 Å². The summed E-state index contributed by atoms with van der Waals surface area (Å²) in [5, 5.41) is 10.2. The van der Waals surface area contributed by atoms with Gasteiger partial charge in [0.25, 0.3) is 0 Å². The molecular weight excluding hydrogens is 268 g/mol. The molecule has 1 heterocycles. The van der Waals surface area contributed by atoms with Crippen LogP contribution in [0.2, 0.25) is 0 Å². The molecule has 0 bridgehead atoms. The Balaban J connectivity index is 2.34. The molecule has 0 saturated heterocycles. The second kappa shape index (κ2) is 9.96. The van der Waals surface area contributed by atoms with Crippen LogP contribution < -0.4 is 0 Å². The number of carbonyl (C=O) groups is 1. The fourth-order valence-corrected chi connectivity index (χ4v) is 2.84. The van der Waals surface area contributed by atoms with E-state index in [1.165, 1.54) is 25.3 Å². The molecule has 0 saturated carbocycles. The van der Waals surface area contributed by atoms with Gasteiger partial charge in [-0.2, -0.15) is 0 Å². The molecule has 0 fully saturated rings. The van der Waals surface area contributed by atoms with Gasteiger partial charge in [0.1, 0.15) is 6.10 Å². The monoisotopic (exact) mass is 298 g/mol. The fourth-order valence-electron chi connectivity index (χ4n) is 2.84. The van der Waals surface area contributed by atoms with Crippen LogP contribution in [0.3, 0.4) is 0 Å². The van der Waals surface area contributed by atoms with E-state index < -0.39 is 6.10 Å². The first kappa shape index (κ1) is 18.2. The van der Waals surface area contributed by atoms with Crippen LogP contribution in [0.25, 0.3) is 0 Å². The second-order valence-electron chi connectivity index (χ2n) is 6.07. The summed E-state index contributed by atoms with van der Waals surface area (Å²) in [6.45, 7) is 4.38. The standard InChI is InChI=1S/C17H30O4/c1-4-5-6-8-13(2)16(20-3)12-14(18)11-15-9-7-10-17(19)21-15/h7,10,13-16,18H,4-6,8-9,11-12H2,1-3H3/t13-,14-,15?,16+/m0/s1. The molecule has 4 heteroatoms. The molecule has 1 unspecified atom stereocenters. The molecule has 0 aliphatic carbocycles. The number of aliphatic hydroxyl groups is 1. The smallest absolute Gasteiger partial charge is 0.330 e. The first-order chi connectivity index (χ1) is 10.1. The predicted octanol–water partition coefficient (Wildman–Crippen LogP) is 3.23. The average molecular weight is 298 g/mol. The van der Waals surface area contributed by atoms with Gasteiger partial charge in [-0.25, -0.2) is 4.79 Å². The van der Waals surface area contributed by atoms with E-state index >= 15 is 0 Å². The first-order valence-corrected chi connectivity index (χ1v) is 8.14. The molecule has 0 amide bonds. The van der Waals surface area contributed by atoms with Crippen LogP contribution in [-0.4, -0.2) is 36.5 Å². The first-order valence-electron chi connectivity index (χ1n) is 8.14. The van der Waals surface area contributed by atoms with Crippen LogP contribution in [-0.2, 0) is 14.3 Å². The quantitative estimate of drug-likeness (QED) is 0.497. The number of hydrogen-bond donors (Lipinski definition) is 1. The van der Waals surface area contributed by atoms with E-state index in [1.807, 2.05) is 6.08 Å². The van der Waals surface area contributed by atoms with Crippen LogP contribution in [0, 0.1) is 5.92 Å². The maximum Gasteiger partial charge on any atom is 0.330 e. The summed E-state index contributed by atoms with van der Waals surface area (Å²) in [4.78, 5) is 11.2. The Hall–Kier alpha value is -0.870. The lowest BCUT2D eigenvalue weighted by Crippen LogP contribution is -2.30. The lowest BCUT2D eigenvalue weighted by atomic mass is 9.91. The Labute approximate surface area is 128 Å². The summed E-state index contributed by atoms with van der Waals surface area (Å²) in [5.41, 5.74) is 0. The number of ether oxygens (including phenoxy) is 2. The van der Waals surface area contributed by atoms with Gasteiger partial charge in [0.15, 0.2) is 0 Å². The van der Waals surface area contributed by atoms with Crippen LogP contribution in [0.5, 0.6) is 0 Å². The number of rotatable bonds is 10. The number of carbonyl (C=O) groups excluding carboxylic acids is 1. The van der Waals surface area contributed by atoms with Crippen molar-refractivity contribution in [3.8, 4) is 0 Å². The van der Waals surface area contributed by atoms with Crippen molar-refractivity contribution in [2.45, 2.75) is 77.1 Å². The number of hydrogen-bond acceptors (Lipinski definition) is 4. The van der Waals surface area contributed by atoms with E-state index in [0.29, 0.717) is 25.2 Å². The van der Waals surface area contributed by atoms with E-state index in [1.54, 1.807) is 7.11 Å². The molecule has 4 nitrogen and oxygen atoms in total. The lowest BCUT2D eigenvalue weighted by Gasteiger charge is -2.27. The molecular formula is C17H30O4. The van der Waals surface area contributed by atoms with Crippen LogP contribution in [0.1, 0.15) is 58.8 Å². The normalized spacial score (nSPS) is 22.7. The topological polar surface area (TPSA) is 55.8 Å². The molecule has 122 valence electrons. The minimum atomic E-state index is -0.493. The second-order valence-corrected chi connectivity index (χ2v) is 6.07. The minimum Gasteiger partial charge on any atom is -0.459 e. The highest BCUT2D eigenvalue weighted by Gasteiger charge is 2.24. The highest BCUT2D eigenvalue weighted by Crippen LogP contribution is 2.22. The number of aliphatic hydroxyl groups excluding tert-OH is 1. The summed E-state index contributed by atoms with van der Waals surface area (Å²) in [5.74, 6) is 0.125. The van der Waals surface area contributed by atoms with E-state index in [4.69, 9.17) is 9.47 Å². The predicted molar refractivity (Wildman–Crippen MR) is 83.0 cm³/mol. The van der Waals surface area contributed by atoms with Crippen molar-refractivity contribution < 1.29 is 19.4 Å². The van der Waals surface area contributed by atoms with Gasteiger partial charge in [-0.15, -0.1) is 0 Å². The summed E-state index contributed by atoms with van der Waals surface area (Å²) in [7, 11) is 1.71. The molecule has 1 N–H and O–H groups in total. The number of esters is 1. The lowest BCUT2D eigenvalue weighted by molar-refractivity contribution is -0.145. The van der Waals surface area contributed by atoms with Gasteiger partial charge in [0, 0.05) is 26.0 Å². The van der Waals surface area contributed by atoms with Crippen molar-refractivity contribution in [2.75, 3.05) is 7.11 Å². The Kier molecular flexibility index (Phi) is 8.62. The molecule has 1 aliphatic rings. The van der Waals surface area contributed by atoms with Gasteiger partial charge in [0.2, 0.25) is 0 Å². The van der Waals surface area contributed by atoms with Gasteiger partial charge < -0.3 is 14.6 Å². The maximum absolute atomic E-state index is 11.2. The minimum absolute atomic E-state index is 0.0618. The Bertz CT molecular complexity index is 327. The van der Waals surface area contributed by atoms with Crippen LogP contribution in [0.15, 0.2) is 12.2 Å². The summed E-state index contributed by atoms with van der Waals surface area (Å²) >= 11 is 0. The molecule has 1 aliphatic heterocycles. The summed E-state index contributed by atoms with van der Waals surface area (Å²) < 4.78 is 10.7. The zero-order valence-electron chi connectivity index (χ0n) is 13.6. The highest BCUT2D eigenvalue weighted by molar-refractivity contribution is 5.82. The third kappa shape index (κ3) is 7.09. The van der Waals surface area contributed by atoms with Crippen molar-refractivity contribution in [1.82, 2.24) is 0 Å². The van der Waals surface area contributed by atoms with Crippen molar-refractivity contribution >= 4 is 5.97 Å². The van der Waals surface area contributed by atoms with Crippen molar-refractivity contribution in [1.29, 1.82) is 0 Å². The van der Waals surface area contributed by atoms with E-state index in [2.05, 4.69) is 13.8 Å². The van der Waals surface area contributed by atoms with Crippen molar-refractivity contribution in [3.63, 3.8) is 0 Å². The van der Waals surface area contributed by atoms with Gasteiger partial charge in [0.05, 0.1) is 12.2 Å². The Morgan fingerprint density at radius 3 is 2.86 bits per heavy atom. The molecule has 0 aromatic rings. The highest BCUT2D eigenvalue weighted by atomic mass is 16.5. The number of methoxy groups -OCH3 is 1. The average Bonchev–Trinajstić information content (AvgIpc) is 2.44. The molecule has 0 aromatic heterocycles. The fraction of sp³-hybridized carbons (Fsp3) is 0.824. The number of cyclic esters (lactones) is 1. The molecule has 21 heavy (non-hydrogen) atoms. The molecule has 0 aromatic carbocycles. The Morgan fingerprint density at radius 1 is 1.48 bits per heavy atom. The van der Waals surface area contributed by atoms with Crippen LogP contribution >= 0.6 is 0 Å². The largest absolute Gasteiger partial charge is 0.459 e. The molecule has 4 atom stereocenters. The van der Waals surface area contributed by atoms with Gasteiger partial charge in [-0.1, -0.05) is 39.2 Å².